The van der Waals surface area contributed by atoms with Crippen LogP contribution in [-0.4, -0.2) is 56.2 Å². The molecule has 0 saturated heterocycles. The average molecular weight is 541 g/mol. The summed E-state index contributed by atoms with van der Waals surface area (Å²) in [4.78, 5) is 40.7. The highest BCUT2D eigenvalue weighted by molar-refractivity contribution is 7.92. The molecular formula is C27H32N4O6S. The number of anilines is 1. The standard InChI is InChI=1S/C27H32N4O6S/c1-27(2,3)22-16-20(31-13-12-23(32)28-26(31)34)14-18(24(22)37-6)9-8-17-10-11-19(29-38(7,35)36)15-21(17)25(33)30(4)5/h8-16,29H,1-7H3,(H,28,32,34). The van der Waals surface area contributed by atoms with Gasteiger partial charge in [0.2, 0.25) is 10.0 Å². The molecule has 0 atom stereocenters. The molecule has 0 unspecified atom stereocenters. The highest BCUT2D eigenvalue weighted by atomic mass is 32.2. The zero-order valence-corrected chi connectivity index (χ0v) is 23.3. The number of aromatic amines is 1. The molecule has 0 fully saturated rings. The smallest absolute Gasteiger partial charge is 0.332 e. The summed E-state index contributed by atoms with van der Waals surface area (Å²) in [6.45, 7) is 6.04. The van der Waals surface area contributed by atoms with Crippen LogP contribution < -0.4 is 20.7 Å². The van der Waals surface area contributed by atoms with Crippen LogP contribution >= 0.6 is 0 Å². The number of nitrogens with one attached hydrogen (secondary N) is 2. The van der Waals surface area contributed by atoms with Crippen molar-refractivity contribution in [3.8, 4) is 11.4 Å². The van der Waals surface area contributed by atoms with Gasteiger partial charge in [0.1, 0.15) is 5.75 Å². The van der Waals surface area contributed by atoms with Crippen molar-refractivity contribution in [1.82, 2.24) is 14.5 Å². The minimum absolute atomic E-state index is 0.266. The van der Waals surface area contributed by atoms with Crippen molar-refractivity contribution in [2.75, 3.05) is 32.2 Å². The van der Waals surface area contributed by atoms with E-state index >= 15 is 0 Å². The van der Waals surface area contributed by atoms with Gasteiger partial charge in [0.25, 0.3) is 11.5 Å². The van der Waals surface area contributed by atoms with Gasteiger partial charge in [0.05, 0.1) is 19.1 Å². The lowest BCUT2D eigenvalue weighted by Gasteiger charge is -2.25. The van der Waals surface area contributed by atoms with Gasteiger partial charge in [-0.05, 0) is 35.2 Å². The number of hydrogen-bond donors (Lipinski definition) is 2. The lowest BCUT2D eigenvalue weighted by molar-refractivity contribution is 0.0827. The summed E-state index contributed by atoms with van der Waals surface area (Å²) in [6, 6.07) is 9.55. The molecular weight excluding hydrogens is 508 g/mol. The number of rotatable bonds is 7. The van der Waals surface area contributed by atoms with Crippen LogP contribution in [0.1, 0.15) is 47.8 Å². The molecule has 11 heteroatoms. The van der Waals surface area contributed by atoms with Crippen LogP contribution in [-0.2, 0) is 15.4 Å². The third-order valence-corrected chi connectivity index (χ3v) is 6.26. The van der Waals surface area contributed by atoms with Gasteiger partial charge in [-0.3, -0.25) is 23.9 Å². The third-order valence-electron chi connectivity index (χ3n) is 5.65. The summed E-state index contributed by atoms with van der Waals surface area (Å²) < 4.78 is 32.9. The second-order valence-electron chi connectivity index (χ2n) is 10.1. The number of hydrogen-bond acceptors (Lipinski definition) is 6. The van der Waals surface area contributed by atoms with Crippen molar-refractivity contribution in [2.24, 2.45) is 0 Å². The first-order valence-corrected chi connectivity index (χ1v) is 13.6. The van der Waals surface area contributed by atoms with E-state index in [1.807, 2.05) is 26.8 Å². The van der Waals surface area contributed by atoms with Gasteiger partial charge in [-0.2, -0.15) is 0 Å². The van der Waals surface area contributed by atoms with Crippen molar-refractivity contribution < 1.29 is 17.9 Å². The third kappa shape index (κ3) is 6.60. The van der Waals surface area contributed by atoms with Gasteiger partial charge in [-0.25, -0.2) is 13.2 Å². The number of carbonyl (C=O) groups excluding carboxylic acids is 1. The zero-order valence-electron chi connectivity index (χ0n) is 22.4. The quantitative estimate of drug-likeness (QED) is 0.443. The molecule has 1 amide bonds. The minimum atomic E-state index is -3.53. The predicted octanol–water partition coefficient (Wildman–Crippen LogP) is 3.08. The summed E-state index contributed by atoms with van der Waals surface area (Å²) in [5.74, 6) is 0.281. The van der Waals surface area contributed by atoms with Crippen molar-refractivity contribution in [3.05, 3.63) is 85.7 Å². The fourth-order valence-electron chi connectivity index (χ4n) is 3.89. The number of nitrogens with zero attached hydrogens (tertiary/aromatic N) is 2. The van der Waals surface area contributed by atoms with E-state index in [4.69, 9.17) is 4.74 Å². The number of ether oxygens (including phenoxy) is 1. The second kappa shape index (κ2) is 10.7. The molecule has 0 bridgehead atoms. The Bertz CT molecular complexity index is 1630. The molecule has 10 nitrogen and oxygen atoms in total. The summed E-state index contributed by atoms with van der Waals surface area (Å²) in [5.41, 5.74) is 1.66. The topological polar surface area (TPSA) is 131 Å². The molecule has 1 heterocycles. The lowest BCUT2D eigenvalue weighted by Crippen LogP contribution is -2.28. The van der Waals surface area contributed by atoms with Crippen LogP contribution in [0.25, 0.3) is 17.8 Å². The van der Waals surface area contributed by atoms with Crippen LogP contribution in [0.3, 0.4) is 0 Å². The molecule has 202 valence electrons. The van der Waals surface area contributed by atoms with Crippen molar-refractivity contribution in [3.63, 3.8) is 0 Å². The maximum atomic E-state index is 12.9. The van der Waals surface area contributed by atoms with Crippen molar-refractivity contribution >= 4 is 33.8 Å². The predicted molar refractivity (Wildman–Crippen MR) is 150 cm³/mol. The fourth-order valence-corrected chi connectivity index (χ4v) is 4.44. The first kappa shape index (κ1) is 28.5. The van der Waals surface area contributed by atoms with E-state index in [-0.39, 0.29) is 17.0 Å². The Balaban J connectivity index is 2.23. The maximum absolute atomic E-state index is 12.9. The highest BCUT2D eigenvalue weighted by Gasteiger charge is 2.23. The van der Waals surface area contributed by atoms with Gasteiger partial charge >= 0.3 is 5.69 Å². The SMILES string of the molecule is COc1c(C=Cc2ccc(NS(C)(=O)=O)cc2C(=O)N(C)C)cc(-n2ccc(=O)[nH]c2=O)cc1C(C)(C)C. The zero-order chi connectivity index (χ0) is 28.4. The van der Waals surface area contributed by atoms with Gasteiger partial charge < -0.3 is 9.64 Å². The first-order chi connectivity index (χ1) is 17.6. The van der Waals surface area contributed by atoms with E-state index in [0.29, 0.717) is 28.1 Å². The van der Waals surface area contributed by atoms with E-state index in [2.05, 4.69) is 9.71 Å². The Morgan fingerprint density at radius 1 is 1.05 bits per heavy atom. The van der Waals surface area contributed by atoms with Gasteiger partial charge in [-0.15, -0.1) is 0 Å². The molecule has 2 N–H and O–H groups in total. The highest BCUT2D eigenvalue weighted by Crippen LogP contribution is 2.37. The van der Waals surface area contributed by atoms with E-state index in [1.165, 1.54) is 27.8 Å². The summed E-state index contributed by atoms with van der Waals surface area (Å²) in [7, 11) is 1.24. The van der Waals surface area contributed by atoms with Crippen LogP contribution in [0.2, 0.25) is 0 Å². The van der Waals surface area contributed by atoms with Gasteiger partial charge in [0.15, 0.2) is 0 Å². The Labute approximate surface area is 221 Å². The van der Waals surface area contributed by atoms with E-state index in [9.17, 15) is 22.8 Å². The molecule has 0 aliphatic rings. The summed E-state index contributed by atoms with van der Waals surface area (Å²) >= 11 is 0. The Morgan fingerprint density at radius 2 is 1.71 bits per heavy atom. The van der Waals surface area contributed by atoms with E-state index < -0.39 is 21.3 Å². The molecule has 0 radical (unpaired) electrons. The van der Waals surface area contributed by atoms with Crippen LogP contribution in [0.15, 0.2) is 52.2 Å². The fraction of sp³-hybridized carbons (Fsp3) is 0.296. The number of sulfonamides is 1. The molecule has 1 aromatic heterocycles. The second-order valence-corrected chi connectivity index (χ2v) is 11.8. The van der Waals surface area contributed by atoms with Crippen LogP contribution in [0.4, 0.5) is 5.69 Å². The van der Waals surface area contributed by atoms with Crippen LogP contribution in [0, 0.1) is 0 Å². The Morgan fingerprint density at radius 3 is 2.26 bits per heavy atom. The normalized spacial score (nSPS) is 12.0. The number of carbonyl (C=O) groups is 1. The largest absolute Gasteiger partial charge is 0.496 e. The molecule has 0 aliphatic heterocycles. The molecule has 2 aromatic carbocycles. The average Bonchev–Trinajstić information content (AvgIpc) is 2.80. The molecule has 3 aromatic rings. The Kier molecular flexibility index (Phi) is 8.01. The number of H-pyrrole nitrogens is 1. The maximum Gasteiger partial charge on any atom is 0.332 e. The van der Waals surface area contributed by atoms with Crippen LogP contribution in [0.5, 0.6) is 5.75 Å². The van der Waals surface area contributed by atoms with Crippen molar-refractivity contribution in [1.29, 1.82) is 0 Å². The number of methoxy groups -OCH3 is 1. The molecule has 0 aliphatic carbocycles. The lowest BCUT2D eigenvalue weighted by atomic mass is 9.84. The number of benzene rings is 2. The summed E-state index contributed by atoms with van der Waals surface area (Å²) in [6.07, 6.45) is 5.93. The van der Waals surface area contributed by atoms with E-state index in [1.54, 1.807) is 51.6 Å². The van der Waals surface area contributed by atoms with Crippen molar-refractivity contribution in [2.45, 2.75) is 26.2 Å². The van der Waals surface area contributed by atoms with Gasteiger partial charge in [-0.1, -0.05) is 39.0 Å². The minimum Gasteiger partial charge on any atom is -0.496 e. The van der Waals surface area contributed by atoms with E-state index in [0.717, 1.165) is 11.8 Å². The Hall–Kier alpha value is -4.12. The molecule has 0 spiro atoms. The first-order valence-electron chi connectivity index (χ1n) is 11.7. The van der Waals surface area contributed by atoms with Gasteiger partial charge in [0, 0.05) is 48.7 Å². The molecule has 3 rings (SSSR count). The monoisotopic (exact) mass is 540 g/mol. The molecule has 0 saturated carbocycles. The number of amides is 1. The molecule has 38 heavy (non-hydrogen) atoms. The summed E-state index contributed by atoms with van der Waals surface area (Å²) in [5, 5.41) is 0. The number of aromatic nitrogens is 2.